The van der Waals surface area contributed by atoms with Gasteiger partial charge in [-0.25, -0.2) is 4.98 Å². The third-order valence-electron chi connectivity index (χ3n) is 3.90. The van der Waals surface area contributed by atoms with Crippen molar-refractivity contribution in [3.63, 3.8) is 0 Å². The van der Waals surface area contributed by atoms with Gasteiger partial charge in [0.25, 0.3) is 0 Å². The van der Waals surface area contributed by atoms with Gasteiger partial charge in [-0.15, -0.1) is 11.3 Å². The number of nitrogens with one attached hydrogen (secondary N) is 2. The van der Waals surface area contributed by atoms with E-state index in [0.717, 1.165) is 35.9 Å². The Hall–Kier alpha value is -1.89. The molecule has 0 aliphatic heterocycles. The molecular weight excluding hydrogens is 310 g/mol. The molecule has 23 heavy (non-hydrogen) atoms. The van der Waals surface area contributed by atoms with Gasteiger partial charge in [0.15, 0.2) is 11.7 Å². The van der Waals surface area contributed by atoms with Crippen molar-refractivity contribution in [2.24, 2.45) is 4.99 Å². The van der Waals surface area contributed by atoms with Crippen molar-refractivity contribution in [3.8, 4) is 0 Å². The summed E-state index contributed by atoms with van der Waals surface area (Å²) in [5.41, 5.74) is 3.95. The van der Waals surface area contributed by atoms with Crippen LogP contribution in [-0.4, -0.2) is 23.1 Å². The molecule has 126 valence electrons. The number of aryl methyl sites for hydroxylation is 1. The fourth-order valence-electron chi connectivity index (χ4n) is 2.36. The molecule has 7 heteroatoms. The molecule has 0 spiro atoms. The molecule has 0 saturated carbocycles. The monoisotopic (exact) mass is 335 g/mol. The number of hydrogen-bond acceptors (Lipinski definition) is 5. The van der Waals surface area contributed by atoms with E-state index in [1.807, 2.05) is 18.5 Å². The van der Waals surface area contributed by atoms with E-state index in [9.17, 15) is 0 Å². The van der Waals surface area contributed by atoms with Gasteiger partial charge in [-0.3, -0.25) is 4.99 Å². The molecule has 2 aromatic rings. The van der Waals surface area contributed by atoms with Crippen LogP contribution in [0.2, 0.25) is 0 Å². The van der Waals surface area contributed by atoms with Gasteiger partial charge in [-0.1, -0.05) is 19.0 Å². The van der Waals surface area contributed by atoms with Gasteiger partial charge in [-0.05, 0) is 19.8 Å². The molecule has 0 fully saturated rings. The highest BCUT2D eigenvalue weighted by atomic mass is 32.1. The van der Waals surface area contributed by atoms with E-state index in [1.54, 1.807) is 18.4 Å². The molecular formula is C16H25N5OS. The highest BCUT2D eigenvalue weighted by Gasteiger charge is 2.13. The van der Waals surface area contributed by atoms with Crippen molar-refractivity contribution in [1.82, 2.24) is 20.8 Å². The van der Waals surface area contributed by atoms with Gasteiger partial charge < -0.3 is 15.2 Å². The molecule has 0 aliphatic carbocycles. The quantitative estimate of drug-likeness (QED) is 0.600. The predicted octanol–water partition coefficient (Wildman–Crippen LogP) is 3.21. The van der Waals surface area contributed by atoms with E-state index in [0.29, 0.717) is 19.0 Å². The lowest BCUT2D eigenvalue weighted by Crippen LogP contribution is -2.36. The zero-order valence-electron chi connectivity index (χ0n) is 14.2. The van der Waals surface area contributed by atoms with Gasteiger partial charge >= 0.3 is 0 Å². The first-order valence-electron chi connectivity index (χ1n) is 7.96. The van der Waals surface area contributed by atoms with E-state index < -0.39 is 0 Å². The molecule has 0 radical (unpaired) electrons. The molecule has 0 unspecified atom stereocenters. The van der Waals surface area contributed by atoms with Crippen LogP contribution in [0.5, 0.6) is 0 Å². The van der Waals surface area contributed by atoms with Crippen molar-refractivity contribution in [2.75, 3.05) is 7.05 Å². The molecule has 0 aromatic carbocycles. The summed E-state index contributed by atoms with van der Waals surface area (Å²) >= 11 is 1.64. The average molecular weight is 335 g/mol. The van der Waals surface area contributed by atoms with E-state index in [-0.39, 0.29) is 0 Å². The number of hydrogen-bond donors (Lipinski definition) is 2. The molecule has 0 bridgehead atoms. The molecule has 0 amide bonds. The molecule has 2 aromatic heterocycles. The summed E-state index contributed by atoms with van der Waals surface area (Å²) in [4.78, 5) is 9.68. The minimum Gasteiger partial charge on any atom is -0.359 e. The predicted molar refractivity (Wildman–Crippen MR) is 93.7 cm³/mol. The van der Waals surface area contributed by atoms with E-state index >= 15 is 0 Å². The molecule has 2 N–H and O–H groups in total. The fourth-order valence-corrected chi connectivity index (χ4v) is 3.08. The number of nitrogens with zero attached hydrogens (tertiary/aromatic N) is 3. The first-order chi connectivity index (χ1) is 11.2. The first kappa shape index (κ1) is 17.5. The number of aromatic nitrogens is 2. The summed E-state index contributed by atoms with van der Waals surface area (Å²) in [6.07, 6.45) is 2.15. The Bertz CT molecular complexity index is 630. The number of thiazole rings is 1. The minimum absolute atomic E-state index is 0.472. The lowest BCUT2D eigenvalue weighted by molar-refractivity contribution is 0.368. The maximum absolute atomic E-state index is 5.41. The molecule has 6 nitrogen and oxygen atoms in total. The number of rotatable bonds is 7. The van der Waals surface area contributed by atoms with Crippen LogP contribution in [0.4, 0.5) is 0 Å². The molecule has 0 aliphatic rings. The van der Waals surface area contributed by atoms with Crippen LogP contribution in [0, 0.1) is 6.92 Å². The topological polar surface area (TPSA) is 75.3 Å². The second kappa shape index (κ2) is 8.67. The number of guanidine groups is 1. The zero-order chi connectivity index (χ0) is 16.7. The highest BCUT2D eigenvalue weighted by molar-refractivity contribution is 7.09. The second-order valence-corrected chi connectivity index (χ2v) is 6.31. The van der Waals surface area contributed by atoms with Crippen molar-refractivity contribution in [2.45, 2.75) is 52.6 Å². The van der Waals surface area contributed by atoms with Crippen molar-refractivity contribution < 1.29 is 4.52 Å². The standard InChI is InChI=1S/C16H25N5OS/c1-5-12(6-2)14-7-13(22-21-14)8-18-16(17-4)19-9-15-11(3)20-10-23-15/h7,10,12H,5-6,8-9H2,1-4H3,(H2,17,18,19). The van der Waals surface area contributed by atoms with Gasteiger partial charge in [0.1, 0.15) is 0 Å². The van der Waals surface area contributed by atoms with Crippen LogP contribution >= 0.6 is 11.3 Å². The largest absolute Gasteiger partial charge is 0.359 e. The smallest absolute Gasteiger partial charge is 0.191 e. The van der Waals surface area contributed by atoms with Crippen LogP contribution in [0.25, 0.3) is 0 Å². The zero-order valence-corrected chi connectivity index (χ0v) is 15.0. The summed E-state index contributed by atoms with van der Waals surface area (Å²) < 4.78 is 5.41. The molecule has 0 atom stereocenters. The lowest BCUT2D eigenvalue weighted by Gasteiger charge is -2.10. The summed E-state index contributed by atoms with van der Waals surface area (Å²) in [5.74, 6) is 2.03. The van der Waals surface area contributed by atoms with E-state index in [4.69, 9.17) is 4.52 Å². The molecule has 0 saturated heterocycles. The molecule has 2 heterocycles. The SMILES string of the molecule is CCC(CC)c1cc(CNC(=NC)NCc2scnc2C)on1. The highest BCUT2D eigenvalue weighted by Crippen LogP contribution is 2.22. The summed E-state index contributed by atoms with van der Waals surface area (Å²) in [6, 6.07) is 2.03. The van der Waals surface area contributed by atoms with Crippen molar-refractivity contribution >= 4 is 17.3 Å². The maximum Gasteiger partial charge on any atom is 0.191 e. The Morgan fingerprint density at radius 1 is 1.30 bits per heavy atom. The Morgan fingerprint density at radius 3 is 2.65 bits per heavy atom. The summed E-state index contributed by atoms with van der Waals surface area (Å²) in [6.45, 7) is 7.64. The minimum atomic E-state index is 0.472. The van der Waals surface area contributed by atoms with E-state index in [1.165, 1.54) is 4.88 Å². The Balaban J connectivity index is 1.85. The third kappa shape index (κ3) is 4.79. The molecule has 2 rings (SSSR count). The van der Waals surface area contributed by atoms with Crippen LogP contribution in [-0.2, 0) is 13.1 Å². The first-order valence-corrected chi connectivity index (χ1v) is 8.84. The van der Waals surface area contributed by atoms with Gasteiger partial charge in [0, 0.05) is 23.9 Å². The lowest BCUT2D eigenvalue weighted by atomic mass is 9.99. The fraction of sp³-hybridized carbons (Fsp3) is 0.562. The maximum atomic E-state index is 5.41. The Labute approximate surface area is 141 Å². The van der Waals surface area contributed by atoms with Gasteiger partial charge in [0.05, 0.1) is 30.0 Å². The van der Waals surface area contributed by atoms with Crippen molar-refractivity contribution in [1.29, 1.82) is 0 Å². The van der Waals surface area contributed by atoms with Crippen LogP contribution in [0.3, 0.4) is 0 Å². The van der Waals surface area contributed by atoms with Crippen LogP contribution in [0.15, 0.2) is 21.1 Å². The van der Waals surface area contributed by atoms with E-state index in [2.05, 4.69) is 39.6 Å². The third-order valence-corrected chi connectivity index (χ3v) is 4.83. The summed E-state index contributed by atoms with van der Waals surface area (Å²) in [5, 5.41) is 10.7. The second-order valence-electron chi connectivity index (χ2n) is 5.37. The Morgan fingerprint density at radius 2 is 2.04 bits per heavy atom. The van der Waals surface area contributed by atoms with Crippen LogP contribution < -0.4 is 10.6 Å². The van der Waals surface area contributed by atoms with Crippen molar-refractivity contribution in [3.05, 3.63) is 33.6 Å². The average Bonchev–Trinajstić information content (AvgIpc) is 3.18. The van der Waals surface area contributed by atoms with Crippen LogP contribution in [0.1, 0.15) is 54.6 Å². The van der Waals surface area contributed by atoms with Gasteiger partial charge in [-0.2, -0.15) is 0 Å². The Kier molecular flexibility index (Phi) is 6.58. The normalized spacial score (nSPS) is 12.0. The number of aliphatic imine (C=N–C) groups is 1. The van der Waals surface area contributed by atoms with Gasteiger partial charge in [0.2, 0.25) is 0 Å². The summed E-state index contributed by atoms with van der Waals surface area (Å²) in [7, 11) is 1.75.